The van der Waals surface area contributed by atoms with Crippen molar-refractivity contribution in [2.75, 3.05) is 0 Å². The highest BCUT2D eigenvalue weighted by Crippen LogP contribution is 2.15. The Kier molecular flexibility index (Phi) is 4.48. The molecule has 0 bridgehead atoms. The van der Waals surface area contributed by atoms with Crippen LogP contribution >= 0.6 is 0 Å². The summed E-state index contributed by atoms with van der Waals surface area (Å²) in [6.07, 6.45) is 1.38. The van der Waals surface area contributed by atoms with Crippen molar-refractivity contribution < 1.29 is 4.79 Å². The van der Waals surface area contributed by atoms with Gasteiger partial charge >= 0.3 is 0 Å². The van der Waals surface area contributed by atoms with Gasteiger partial charge in [-0.3, -0.25) is 4.79 Å². The molecule has 0 heterocycles. The van der Waals surface area contributed by atoms with Gasteiger partial charge < -0.3 is 0 Å². The van der Waals surface area contributed by atoms with E-state index in [9.17, 15) is 4.79 Å². The molecule has 1 aromatic carbocycles. The van der Waals surface area contributed by atoms with E-state index in [1.807, 2.05) is 0 Å². The number of aryl methyl sites for hydroxylation is 1. The van der Waals surface area contributed by atoms with Crippen molar-refractivity contribution in [3.8, 4) is 0 Å². The van der Waals surface area contributed by atoms with Gasteiger partial charge in [0, 0.05) is 6.42 Å². The van der Waals surface area contributed by atoms with E-state index < -0.39 is 0 Å². The molecular formula is C15H20O. The average molecular weight is 216 g/mol. The van der Waals surface area contributed by atoms with Gasteiger partial charge in [-0.2, -0.15) is 0 Å². The second-order valence-corrected chi connectivity index (χ2v) is 4.60. The lowest BCUT2D eigenvalue weighted by Gasteiger charge is -2.06. The first-order valence-corrected chi connectivity index (χ1v) is 5.78. The molecule has 0 N–H and O–H groups in total. The van der Waals surface area contributed by atoms with E-state index in [0.29, 0.717) is 17.9 Å². The van der Waals surface area contributed by atoms with Crippen LogP contribution in [0.15, 0.2) is 36.4 Å². The molecule has 86 valence electrons. The molecule has 0 fully saturated rings. The zero-order valence-corrected chi connectivity index (χ0v) is 10.4. The molecule has 0 amide bonds. The minimum Gasteiger partial charge on any atom is -0.295 e. The summed E-state index contributed by atoms with van der Waals surface area (Å²) in [6, 6.07) is 8.51. The number of carbonyl (C=O) groups excluding carboxylic acids is 1. The Hall–Kier alpha value is -1.37. The number of carbonyl (C=O) groups is 1. The molecular weight excluding hydrogens is 196 g/mol. The Morgan fingerprint density at radius 2 is 1.81 bits per heavy atom. The smallest absolute Gasteiger partial charge is 0.158 e. The van der Waals surface area contributed by atoms with Crippen LogP contribution in [-0.2, 0) is 11.2 Å². The Balaban J connectivity index is 2.56. The van der Waals surface area contributed by atoms with Crippen LogP contribution in [0.25, 0.3) is 0 Å². The van der Waals surface area contributed by atoms with Crippen molar-refractivity contribution in [2.45, 2.75) is 39.5 Å². The van der Waals surface area contributed by atoms with Crippen LogP contribution in [-0.4, -0.2) is 5.78 Å². The van der Waals surface area contributed by atoms with Crippen molar-refractivity contribution in [1.82, 2.24) is 0 Å². The highest BCUT2D eigenvalue weighted by atomic mass is 16.1. The van der Waals surface area contributed by atoms with Crippen molar-refractivity contribution in [1.29, 1.82) is 0 Å². The summed E-state index contributed by atoms with van der Waals surface area (Å²) in [5.74, 6) is 0.721. The second-order valence-electron chi connectivity index (χ2n) is 4.60. The van der Waals surface area contributed by atoms with Crippen LogP contribution in [0.5, 0.6) is 0 Å². The van der Waals surface area contributed by atoms with E-state index in [1.165, 1.54) is 11.1 Å². The third-order valence-corrected chi connectivity index (χ3v) is 2.76. The van der Waals surface area contributed by atoms with E-state index in [1.54, 1.807) is 6.92 Å². The van der Waals surface area contributed by atoms with Gasteiger partial charge in [-0.15, -0.1) is 0 Å². The maximum Gasteiger partial charge on any atom is 0.158 e. The molecule has 0 aromatic heterocycles. The lowest BCUT2D eigenvalue weighted by atomic mass is 9.99. The Morgan fingerprint density at radius 1 is 1.25 bits per heavy atom. The molecule has 0 radical (unpaired) electrons. The maximum absolute atomic E-state index is 11.4. The minimum atomic E-state index is 0.160. The molecule has 1 heteroatoms. The normalized spacial score (nSPS) is 10.5. The quantitative estimate of drug-likeness (QED) is 0.682. The summed E-state index contributed by atoms with van der Waals surface area (Å²) >= 11 is 0. The molecule has 0 aliphatic rings. The Morgan fingerprint density at radius 3 is 2.25 bits per heavy atom. The van der Waals surface area contributed by atoms with Crippen LogP contribution in [0, 0.1) is 0 Å². The van der Waals surface area contributed by atoms with Crippen molar-refractivity contribution in [2.24, 2.45) is 0 Å². The lowest BCUT2D eigenvalue weighted by Crippen LogP contribution is -2.00. The summed E-state index contributed by atoms with van der Waals surface area (Å²) in [7, 11) is 0. The molecule has 1 rings (SSSR count). The molecule has 0 atom stereocenters. The number of Topliss-reactive ketones (excluding diaryl/α,β-unsaturated/α-hetero) is 1. The Bertz CT molecular complexity index is 371. The molecule has 1 nitrogen and oxygen atoms in total. The van der Waals surface area contributed by atoms with Gasteiger partial charge in [-0.25, -0.2) is 0 Å². The summed E-state index contributed by atoms with van der Waals surface area (Å²) in [5.41, 5.74) is 3.22. The molecule has 0 unspecified atom stereocenters. The van der Waals surface area contributed by atoms with Crippen molar-refractivity contribution in [3.05, 3.63) is 47.5 Å². The van der Waals surface area contributed by atoms with Gasteiger partial charge in [0.05, 0.1) is 0 Å². The molecule has 16 heavy (non-hydrogen) atoms. The fourth-order valence-electron chi connectivity index (χ4n) is 1.54. The Labute approximate surface area is 98.2 Å². The zero-order valence-electron chi connectivity index (χ0n) is 10.4. The van der Waals surface area contributed by atoms with Gasteiger partial charge in [0.25, 0.3) is 0 Å². The van der Waals surface area contributed by atoms with E-state index in [2.05, 4.69) is 44.7 Å². The van der Waals surface area contributed by atoms with Gasteiger partial charge in [-0.05, 0) is 36.0 Å². The fourth-order valence-corrected chi connectivity index (χ4v) is 1.54. The first-order chi connectivity index (χ1) is 7.50. The first kappa shape index (κ1) is 12.7. The predicted octanol–water partition coefficient (Wildman–Crippen LogP) is 3.89. The number of hydrogen-bond acceptors (Lipinski definition) is 1. The van der Waals surface area contributed by atoms with Crippen molar-refractivity contribution in [3.63, 3.8) is 0 Å². The van der Waals surface area contributed by atoms with Gasteiger partial charge in [0.15, 0.2) is 5.78 Å². The molecule has 0 spiro atoms. The summed E-state index contributed by atoms with van der Waals surface area (Å²) in [4.78, 5) is 11.4. The van der Waals surface area contributed by atoms with E-state index in [4.69, 9.17) is 0 Å². The van der Waals surface area contributed by atoms with E-state index in [0.717, 1.165) is 6.42 Å². The lowest BCUT2D eigenvalue weighted by molar-refractivity contribution is -0.115. The largest absolute Gasteiger partial charge is 0.295 e. The SMILES string of the molecule is C=C(C)C(=O)CCc1ccc(C(C)C)cc1. The van der Waals surface area contributed by atoms with E-state index >= 15 is 0 Å². The molecule has 0 aliphatic carbocycles. The predicted molar refractivity (Wildman–Crippen MR) is 68.7 cm³/mol. The third-order valence-electron chi connectivity index (χ3n) is 2.76. The van der Waals surface area contributed by atoms with Gasteiger partial charge in [0.1, 0.15) is 0 Å². The van der Waals surface area contributed by atoms with Crippen molar-refractivity contribution >= 4 is 5.78 Å². The third kappa shape index (κ3) is 3.65. The van der Waals surface area contributed by atoms with Crippen LogP contribution in [0.3, 0.4) is 0 Å². The molecule has 0 aliphatic heterocycles. The number of ketones is 1. The number of hydrogen-bond donors (Lipinski definition) is 0. The number of allylic oxidation sites excluding steroid dienone is 1. The topological polar surface area (TPSA) is 17.1 Å². The van der Waals surface area contributed by atoms with Crippen LogP contribution < -0.4 is 0 Å². The molecule has 1 aromatic rings. The van der Waals surface area contributed by atoms with Crippen LogP contribution in [0.1, 0.15) is 44.2 Å². The minimum absolute atomic E-state index is 0.160. The summed E-state index contributed by atoms with van der Waals surface area (Å²) in [6.45, 7) is 9.78. The molecule has 0 saturated heterocycles. The summed E-state index contributed by atoms with van der Waals surface area (Å²) < 4.78 is 0. The first-order valence-electron chi connectivity index (χ1n) is 5.78. The fraction of sp³-hybridized carbons (Fsp3) is 0.400. The standard InChI is InChI=1S/C15H20O/c1-11(2)14-8-5-13(6-9-14)7-10-15(16)12(3)4/h5-6,8-9,11H,3,7,10H2,1-2,4H3. The van der Waals surface area contributed by atoms with Crippen LogP contribution in [0.2, 0.25) is 0 Å². The van der Waals surface area contributed by atoms with E-state index in [-0.39, 0.29) is 5.78 Å². The highest BCUT2D eigenvalue weighted by molar-refractivity contribution is 5.94. The monoisotopic (exact) mass is 216 g/mol. The van der Waals surface area contributed by atoms with Gasteiger partial charge in [-0.1, -0.05) is 44.7 Å². The number of rotatable bonds is 5. The van der Waals surface area contributed by atoms with Crippen LogP contribution in [0.4, 0.5) is 0 Å². The molecule has 0 saturated carbocycles. The summed E-state index contributed by atoms with van der Waals surface area (Å²) in [5, 5.41) is 0. The average Bonchev–Trinajstić information content (AvgIpc) is 2.26. The number of benzene rings is 1. The van der Waals surface area contributed by atoms with Gasteiger partial charge in [0.2, 0.25) is 0 Å². The maximum atomic E-state index is 11.4. The second kappa shape index (κ2) is 5.64. The zero-order chi connectivity index (χ0) is 12.1. The highest BCUT2D eigenvalue weighted by Gasteiger charge is 2.03.